The Morgan fingerprint density at radius 2 is 2.09 bits per heavy atom. The van der Waals surface area contributed by atoms with E-state index in [4.69, 9.17) is 0 Å². The van der Waals surface area contributed by atoms with Gasteiger partial charge in [0.2, 0.25) is 0 Å². The fraction of sp³-hybridized carbons (Fsp3) is 0.529. The first-order valence-electron chi connectivity index (χ1n) is 7.74. The number of nitrogens with one attached hydrogen (secondary N) is 2. The third-order valence-corrected chi connectivity index (χ3v) is 3.43. The first kappa shape index (κ1) is 18.9. The fourth-order valence-electron chi connectivity index (χ4n) is 2.00. The molecule has 0 aromatic heterocycles. The van der Waals surface area contributed by atoms with Crippen molar-refractivity contribution in [2.24, 2.45) is 4.99 Å². The molecule has 0 saturated heterocycles. The summed E-state index contributed by atoms with van der Waals surface area (Å²) in [7, 11) is 1.36. The normalized spacial score (nSPS) is 12.0. The maximum absolute atomic E-state index is 13.4. The Morgan fingerprint density at radius 1 is 1.35 bits per heavy atom. The lowest BCUT2D eigenvalue weighted by molar-refractivity contribution is -0.140. The molecule has 0 radical (unpaired) electrons. The standard InChI is InChI=1S/C17H26FN3O2/c1-5-19-16(20-10-9-15(22)23-4)21-12-17(2,3)13-7-6-8-14(18)11-13/h6-8,11H,5,9-10,12H2,1-4H3,(H2,19,20,21). The van der Waals surface area contributed by atoms with E-state index in [9.17, 15) is 9.18 Å². The quantitative estimate of drug-likeness (QED) is 0.459. The molecule has 5 nitrogen and oxygen atoms in total. The molecular formula is C17H26FN3O2. The van der Waals surface area contributed by atoms with Crippen LogP contribution >= 0.6 is 0 Å². The predicted octanol–water partition coefficient (Wildman–Crippen LogP) is 2.22. The molecule has 0 heterocycles. The second kappa shape index (κ2) is 9.12. The molecule has 0 fully saturated rings. The van der Waals surface area contributed by atoms with Crippen LogP contribution in [-0.4, -0.2) is 38.7 Å². The van der Waals surface area contributed by atoms with Crippen LogP contribution in [0.3, 0.4) is 0 Å². The number of methoxy groups -OCH3 is 1. The molecule has 0 atom stereocenters. The Kier molecular flexibility index (Phi) is 7.51. The first-order valence-corrected chi connectivity index (χ1v) is 7.74. The Bertz CT molecular complexity index is 544. The van der Waals surface area contributed by atoms with E-state index < -0.39 is 0 Å². The Balaban J connectivity index is 2.69. The van der Waals surface area contributed by atoms with E-state index in [0.717, 1.165) is 5.56 Å². The second-order valence-electron chi connectivity index (χ2n) is 5.84. The summed E-state index contributed by atoms with van der Waals surface area (Å²) in [5, 5.41) is 6.21. The van der Waals surface area contributed by atoms with E-state index in [1.54, 1.807) is 6.07 Å². The van der Waals surface area contributed by atoms with Gasteiger partial charge in [-0.2, -0.15) is 0 Å². The number of nitrogens with zero attached hydrogens (tertiary/aromatic N) is 1. The zero-order valence-electron chi connectivity index (χ0n) is 14.3. The predicted molar refractivity (Wildman–Crippen MR) is 90.0 cm³/mol. The van der Waals surface area contributed by atoms with Crippen molar-refractivity contribution in [3.05, 3.63) is 35.6 Å². The molecule has 1 aromatic rings. The number of hydrogen-bond donors (Lipinski definition) is 2. The number of esters is 1. The van der Waals surface area contributed by atoms with Crippen LogP contribution in [0, 0.1) is 5.82 Å². The SMILES string of the molecule is CCNC(=NCC(C)(C)c1cccc(F)c1)NCCC(=O)OC. The molecule has 1 rings (SSSR count). The van der Waals surface area contributed by atoms with Gasteiger partial charge in [-0.1, -0.05) is 26.0 Å². The molecule has 128 valence electrons. The van der Waals surface area contributed by atoms with Crippen molar-refractivity contribution in [2.45, 2.75) is 32.6 Å². The molecule has 1 aromatic carbocycles. The first-order chi connectivity index (χ1) is 10.9. The molecule has 0 saturated carbocycles. The van der Waals surface area contributed by atoms with Crippen LogP contribution in [0.1, 0.15) is 32.8 Å². The van der Waals surface area contributed by atoms with E-state index in [0.29, 0.717) is 25.6 Å². The van der Waals surface area contributed by atoms with Gasteiger partial charge < -0.3 is 15.4 Å². The zero-order valence-corrected chi connectivity index (χ0v) is 14.3. The summed E-state index contributed by atoms with van der Waals surface area (Å²) in [4.78, 5) is 15.7. The molecular weight excluding hydrogens is 297 g/mol. The van der Waals surface area contributed by atoms with Gasteiger partial charge in [0.1, 0.15) is 5.82 Å². The highest BCUT2D eigenvalue weighted by atomic mass is 19.1. The average molecular weight is 323 g/mol. The second-order valence-corrected chi connectivity index (χ2v) is 5.84. The minimum atomic E-state index is -0.299. The number of ether oxygens (including phenoxy) is 1. The number of hydrogen-bond acceptors (Lipinski definition) is 3. The minimum Gasteiger partial charge on any atom is -0.469 e. The summed E-state index contributed by atoms with van der Waals surface area (Å²) in [5.74, 6) is 0.108. The molecule has 0 aliphatic heterocycles. The zero-order chi connectivity index (χ0) is 17.3. The summed E-state index contributed by atoms with van der Waals surface area (Å²) in [6.45, 7) is 7.65. The third kappa shape index (κ3) is 6.67. The number of guanidine groups is 1. The highest BCUT2D eigenvalue weighted by Crippen LogP contribution is 2.24. The topological polar surface area (TPSA) is 62.7 Å². The van der Waals surface area contributed by atoms with Gasteiger partial charge >= 0.3 is 5.97 Å². The minimum absolute atomic E-state index is 0.248. The van der Waals surface area contributed by atoms with Crippen molar-refractivity contribution in [3.8, 4) is 0 Å². The van der Waals surface area contributed by atoms with E-state index in [2.05, 4.69) is 20.4 Å². The highest BCUT2D eigenvalue weighted by Gasteiger charge is 2.21. The van der Waals surface area contributed by atoms with Crippen molar-refractivity contribution in [1.29, 1.82) is 0 Å². The third-order valence-electron chi connectivity index (χ3n) is 3.43. The van der Waals surface area contributed by atoms with Crippen molar-refractivity contribution in [2.75, 3.05) is 26.7 Å². The van der Waals surface area contributed by atoms with Crippen molar-refractivity contribution in [1.82, 2.24) is 10.6 Å². The van der Waals surface area contributed by atoms with Crippen molar-refractivity contribution >= 4 is 11.9 Å². The van der Waals surface area contributed by atoms with Gasteiger partial charge in [-0.15, -0.1) is 0 Å². The molecule has 2 N–H and O–H groups in total. The fourth-order valence-corrected chi connectivity index (χ4v) is 2.00. The number of rotatable bonds is 7. The molecule has 6 heteroatoms. The lowest BCUT2D eigenvalue weighted by Crippen LogP contribution is -2.39. The van der Waals surface area contributed by atoms with Crippen LogP contribution in [0.25, 0.3) is 0 Å². The number of halogens is 1. The van der Waals surface area contributed by atoms with Gasteiger partial charge in [-0.05, 0) is 24.6 Å². The van der Waals surface area contributed by atoms with Crippen molar-refractivity contribution < 1.29 is 13.9 Å². The van der Waals surface area contributed by atoms with Crippen molar-refractivity contribution in [3.63, 3.8) is 0 Å². The van der Waals surface area contributed by atoms with Crippen LogP contribution in [0.5, 0.6) is 0 Å². The summed E-state index contributed by atoms with van der Waals surface area (Å²) < 4.78 is 18.0. The number of carbonyl (C=O) groups is 1. The number of aliphatic imine (C=N–C) groups is 1. The molecule has 0 aliphatic rings. The Labute approximate surface area is 137 Å². The van der Waals surface area contributed by atoms with Crippen LogP contribution in [0.15, 0.2) is 29.3 Å². The van der Waals surface area contributed by atoms with Gasteiger partial charge in [0, 0.05) is 18.5 Å². The molecule has 0 amide bonds. The molecule has 0 spiro atoms. The van der Waals surface area contributed by atoms with Crippen LogP contribution in [-0.2, 0) is 14.9 Å². The Morgan fingerprint density at radius 3 is 2.70 bits per heavy atom. The Hall–Kier alpha value is -2.11. The molecule has 0 aliphatic carbocycles. The van der Waals surface area contributed by atoms with E-state index in [-0.39, 0.29) is 23.6 Å². The van der Waals surface area contributed by atoms with E-state index in [1.165, 1.54) is 19.2 Å². The van der Waals surface area contributed by atoms with Gasteiger partial charge in [0.25, 0.3) is 0 Å². The lowest BCUT2D eigenvalue weighted by Gasteiger charge is -2.24. The summed E-state index contributed by atoms with van der Waals surface area (Å²) in [6, 6.07) is 6.57. The van der Waals surface area contributed by atoms with Crippen LogP contribution in [0.2, 0.25) is 0 Å². The van der Waals surface area contributed by atoms with Crippen LogP contribution in [0.4, 0.5) is 4.39 Å². The van der Waals surface area contributed by atoms with Crippen LogP contribution < -0.4 is 10.6 Å². The van der Waals surface area contributed by atoms with Gasteiger partial charge in [0.15, 0.2) is 5.96 Å². The molecule has 0 bridgehead atoms. The van der Waals surface area contributed by atoms with Gasteiger partial charge in [0.05, 0.1) is 20.1 Å². The molecule has 0 unspecified atom stereocenters. The van der Waals surface area contributed by atoms with E-state index >= 15 is 0 Å². The smallest absolute Gasteiger partial charge is 0.307 e. The summed E-state index contributed by atoms with van der Waals surface area (Å²) in [5.41, 5.74) is 0.596. The average Bonchev–Trinajstić information content (AvgIpc) is 2.52. The lowest BCUT2D eigenvalue weighted by atomic mass is 9.85. The largest absolute Gasteiger partial charge is 0.469 e. The highest BCUT2D eigenvalue weighted by molar-refractivity contribution is 5.80. The monoisotopic (exact) mass is 323 g/mol. The van der Waals surface area contributed by atoms with E-state index in [1.807, 2.05) is 26.8 Å². The number of carbonyl (C=O) groups excluding carboxylic acids is 1. The maximum atomic E-state index is 13.4. The summed E-state index contributed by atoms with van der Waals surface area (Å²) >= 11 is 0. The summed E-state index contributed by atoms with van der Waals surface area (Å²) in [6.07, 6.45) is 0.272. The van der Waals surface area contributed by atoms with Gasteiger partial charge in [-0.25, -0.2) is 4.39 Å². The maximum Gasteiger partial charge on any atom is 0.307 e. The molecule has 23 heavy (non-hydrogen) atoms. The van der Waals surface area contributed by atoms with Gasteiger partial charge in [-0.3, -0.25) is 9.79 Å². The number of benzene rings is 1.